The van der Waals surface area contributed by atoms with Crippen LogP contribution in [0.15, 0.2) is 12.2 Å². The molecule has 0 aromatic carbocycles. The van der Waals surface area contributed by atoms with E-state index in [0.717, 1.165) is 19.3 Å². The molecule has 0 heterocycles. The number of carbonyl (C=O) groups excluding carboxylic acids is 1. The molecule has 2 heteroatoms. The molecule has 0 radical (unpaired) electrons. The van der Waals surface area contributed by atoms with Gasteiger partial charge < -0.3 is 4.74 Å². The average molecular weight is 268 g/mol. The molecule has 0 spiro atoms. The van der Waals surface area contributed by atoms with Crippen LogP contribution < -0.4 is 0 Å². The largest absolute Gasteiger partial charge is 0.462 e. The van der Waals surface area contributed by atoms with Crippen LogP contribution in [0.2, 0.25) is 0 Å². The van der Waals surface area contributed by atoms with Gasteiger partial charge in [-0.2, -0.15) is 0 Å². The lowest BCUT2D eigenvalue weighted by Crippen LogP contribution is -2.10. The van der Waals surface area contributed by atoms with E-state index >= 15 is 0 Å². The highest BCUT2D eigenvalue weighted by Gasteiger charge is 2.09. The summed E-state index contributed by atoms with van der Waals surface area (Å²) in [7, 11) is 0. The lowest BCUT2D eigenvalue weighted by atomic mass is 10.1. The van der Waals surface area contributed by atoms with Crippen molar-refractivity contribution in [2.24, 2.45) is 5.92 Å². The number of hydrogen-bond acceptors (Lipinski definition) is 2. The van der Waals surface area contributed by atoms with Gasteiger partial charge in [0.15, 0.2) is 0 Å². The fraction of sp³-hybridized carbons (Fsp3) is 0.824. The van der Waals surface area contributed by atoms with Crippen LogP contribution in [0.3, 0.4) is 0 Å². The van der Waals surface area contributed by atoms with Crippen LogP contribution in [0.5, 0.6) is 0 Å². The van der Waals surface area contributed by atoms with Crippen LogP contribution >= 0.6 is 0 Å². The molecule has 0 aromatic rings. The van der Waals surface area contributed by atoms with E-state index in [1.807, 2.05) is 0 Å². The minimum Gasteiger partial charge on any atom is -0.462 e. The molecule has 0 aliphatic rings. The van der Waals surface area contributed by atoms with Crippen molar-refractivity contribution in [3.05, 3.63) is 12.2 Å². The summed E-state index contributed by atoms with van der Waals surface area (Å²) in [5.74, 6) is 0.250. The third-order valence-corrected chi connectivity index (χ3v) is 3.17. The summed E-state index contributed by atoms with van der Waals surface area (Å²) >= 11 is 0. The van der Waals surface area contributed by atoms with Crippen molar-refractivity contribution in [3.63, 3.8) is 0 Å². The Hall–Kier alpha value is -0.790. The quantitative estimate of drug-likeness (QED) is 0.274. The molecule has 0 aliphatic carbocycles. The van der Waals surface area contributed by atoms with Crippen molar-refractivity contribution in [2.75, 3.05) is 6.61 Å². The van der Waals surface area contributed by atoms with E-state index < -0.39 is 0 Å². The zero-order chi connectivity index (χ0) is 14.5. The van der Waals surface area contributed by atoms with Crippen molar-refractivity contribution in [3.8, 4) is 0 Å². The Kier molecular flexibility index (Phi) is 11.7. The number of unbranched alkanes of at least 4 members (excludes halogenated alkanes) is 7. The molecule has 0 rings (SSSR count). The predicted molar refractivity (Wildman–Crippen MR) is 82.2 cm³/mol. The first-order chi connectivity index (χ1) is 9.07. The maximum absolute atomic E-state index is 11.6. The third-order valence-electron chi connectivity index (χ3n) is 3.17. The number of ether oxygens (including phenoxy) is 1. The van der Waals surface area contributed by atoms with E-state index in [1.54, 1.807) is 0 Å². The van der Waals surface area contributed by atoms with Crippen LogP contribution in [0.1, 0.15) is 78.6 Å². The monoisotopic (exact) mass is 268 g/mol. The number of rotatable bonds is 12. The van der Waals surface area contributed by atoms with Crippen molar-refractivity contribution in [1.82, 2.24) is 0 Å². The van der Waals surface area contributed by atoms with Gasteiger partial charge in [-0.15, -0.1) is 0 Å². The number of carbonyl (C=O) groups is 1. The highest BCUT2D eigenvalue weighted by Crippen LogP contribution is 2.11. The average Bonchev–Trinajstić information content (AvgIpc) is 2.35. The van der Waals surface area contributed by atoms with Crippen LogP contribution in [-0.2, 0) is 9.53 Å². The summed E-state index contributed by atoms with van der Waals surface area (Å²) in [5, 5.41) is 0. The van der Waals surface area contributed by atoms with E-state index in [2.05, 4.69) is 27.4 Å². The van der Waals surface area contributed by atoms with Crippen molar-refractivity contribution in [2.45, 2.75) is 78.6 Å². The first-order valence-corrected chi connectivity index (χ1v) is 7.92. The minimum absolute atomic E-state index is 0.211. The maximum atomic E-state index is 11.6. The number of hydrogen-bond donors (Lipinski definition) is 0. The molecule has 0 aromatic heterocycles. The molecule has 0 aliphatic heterocycles. The van der Waals surface area contributed by atoms with Gasteiger partial charge in [0.1, 0.15) is 0 Å². The molecular weight excluding hydrogens is 236 g/mol. The highest BCUT2D eigenvalue weighted by atomic mass is 16.5. The lowest BCUT2D eigenvalue weighted by molar-refractivity contribution is -0.139. The molecule has 0 fully saturated rings. The van der Waals surface area contributed by atoms with Gasteiger partial charge in [-0.1, -0.05) is 72.3 Å². The van der Waals surface area contributed by atoms with E-state index in [9.17, 15) is 4.79 Å². The van der Waals surface area contributed by atoms with E-state index in [1.165, 1.54) is 38.5 Å². The van der Waals surface area contributed by atoms with Gasteiger partial charge in [0.2, 0.25) is 0 Å². The molecule has 0 saturated heterocycles. The molecule has 112 valence electrons. The van der Waals surface area contributed by atoms with Crippen LogP contribution in [0.25, 0.3) is 0 Å². The summed E-state index contributed by atoms with van der Waals surface area (Å²) < 4.78 is 5.21. The molecule has 2 nitrogen and oxygen atoms in total. The Labute approximate surface area is 119 Å². The van der Waals surface area contributed by atoms with E-state index in [4.69, 9.17) is 4.74 Å². The van der Waals surface area contributed by atoms with E-state index in [0.29, 0.717) is 18.1 Å². The van der Waals surface area contributed by atoms with E-state index in [-0.39, 0.29) is 5.97 Å². The Morgan fingerprint density at radius 2 is 1.53 bits per heavy atom. The fourth-order valence-electron chi connectivity index (χ4n) is 2.08. The smallest absolute Gasteiger partial charge is 0.333 e. The maximum Gasteiger partial charge on any atom is 0.333 e. The van der Waals surface area contributed by atoms with Crippen molar-refractivity contribution in [1.29, 1.82) is 0 Å². The molecule has 0 N–H and O–H groups in total. The van der Waals surface area contributed by atoms with Gasteiger partial charge in [0.05, 0.1) is 6.61 Å². The first-order valence-electron chi connectivity index (χ1n) is 7.92. The molecule has 0 amide bonds. The Bertz CT molecular complexity index is 244. The molecule has 0 atom stereocenters. The van der Waals surface area contributed by atoms with Gasteiger partial charge in [-0.3, -0.25) is 0 Å². The molecule has 0 bridgehead atoms. The van der Waals surface area contributed by atoms with Gasteiger partial charge in [0.25, 0.3) is 0 Å². The topological polar surface area (TPSA) is 26.3 Å². The van der Waals surface area contributed by atoms with Crippen LogP contribution in [0, 0.1) is 5.92 Å². The summed E-state index contributed by atoms with van der Waals surface area (Å²) in [4.78, 5) is 11.6. The Balaban J connectivity index is 3.34. The van der Waals surface area contributed by atoms with Gasteiger partial charge in [0, 0.05) is 5.57 Å². The second-order valence-corrected chi connectivity index (χ2v) is 5.81. The zero-order valence-corrected chi connectivity index (χ0v) is 13.2. The summed E-state index contributed by atoms with van der Waals surface area (Å²) in [6.45, 7) is 10.7. The molecular formula is C17H32O2. The zero-order valence-electron chi connectivity index (χ0n) is 13.2. The highest BCUT2D eigenvalue weighted by molar-refractivity contribution is 5.87. The number of esters is 1. The Morgan fingerprint density at radius 1 is 1.00 bits per heavy atom. The second kappa shape index (κ2) is 12.3. The SMILES string of the molecule is C=C(CC(C)C)C(=O)OCCCCCCCCCC. The van der Waals surface area contributed by atoms with Crippen LogP contribution in [-0.4, -0.2) is 12.6 Å². The summed E-state index contributed by atoms with van der Waals surface area (Å²) in [6.07, 6.45) is 10.8. The first kappa shape index (κ1) is 18.2. The fourth-order valence-corrected chi connectivity index (χ4v) is 2.08. The lowest BCUT2D eigenvalue weighted by Gasteiger charge is -2.08. The summed E-state index contributed by atoms with van der Waals surface area (Å²) in [5.41, 5.74) is 0.606. The standard InChI is InChI=1S/C17H32O2/c1-5-6-7-8-9-10-11-12-13-19-17(18)16(4)14-15(2)3/h15H,4-14H2,1-3H3. The molecule has 19 heavy (non-hydrogen) atoms. The van der Waals surface area contributed by atoms with Gasteiger partial charge >= 0.3 is 5.97 Å². The predicted octanol–water partition coefficient (Wildman–Crippen LogP) is 5.27. The molecule has 0 saturated carbocycles. The summed E-state index contributed by atoms with van der Waals surface area (Å²) in [6, 6.07) is 0. The third kappa shape index (κ3) is 12.0. The van der Waals surface area contributed by atoms with Crippen molar-refractivity contribution >= 4 is 5.97 Å². The Morgan fingerprint density at radius 3 is 2.05 bits per heavy atom. The normalized spacial score (nSPS) is 10.7. The second-order valence-electron chi connectivity index (χ2n) is 5.81. The van der Waals surface area contributed by atoms with Crippen molar-refractivity contribution < 1.29 is 9.53 Å². The minimum atomic E-state index is -0.211. The molecule has 0 unspecified atom stereocenters. The van der Waals surface area contributed by atoms with Crippen LogP contribution in [0.4, 0.5) is 0 Å². The van der Waals surface area contributed by atoms with Gasteiger partial charge in [-0.05, 0) is 18.8 Å². The van der Waals surface area contributed by atoms with Gasteiger partial charge in [-0.25, -0.2) is 4.79 Å².